The molecular formula is C28H30Cl3N3O4S. The quantitative estimate of drug-likeness (QED) is 0.281. The van der Waals surface area contributed by atoms with Crippen LogP contribution in [0.5, 0.6) is 0 Å². The number of halogens is 3. The van der Waals surface area contributed by atoms with E-state index in [-0.39, 0.29) is 45.5 Å². The van der Waals surface area contributed by atoms with Crippen LogP contribution in [0.25, 0.3) is 0 Å². The van der Waals surface area contributed by atoms with Crippen molar-refractivity contribution in [2.45, 2.75) is 50.7 Å². The zero-order valence-corrected chi connectivity index (χ0v) is 24.9. The number of carbonyl (C=O) groups is 2. The van der Waals surface area contributed by atoms with E-state index in [1.165, 1.54) is 35.2 Å². The van der Waals surface area contributed by atoms with Crippen LogP contribution in [0.4, 0.5) is 5.69 Å². The summed E-state index contributed by atoms with van der Waals surface area (Å²) < 4.78 is 28.6. The van der Waals surface area contributed by atoms with Gasteiger partial charge in [0.25, 0.3) is 10.0 Å². The van der Waals surface area contributed by atoms with Gasteiger partial charge in [0, 0.05) is 22.6 Å². The molecule has 3 aromatic carbocycles. The van der Waals surface area contributed by atoms with Gasteiger partial charge in [0.15, 0.2) is 0 Å². The highest BCUT2D eigenvalue weighted by atomic mass is 35.5. The predicted octanol–water partition coefficient (Wildman–Crippen LogP) is 6.17. The summed E-state index contributed by atoms with van der Waals surface area (Å²) in [7, 11) is -4.26. The molecule has 0 fully saturated rings. The van der Waals surface area contributed by atoms with Crippen LogP contribution in [0.15, 0.2) is 77.7 Å². The summed E-state index contributed by atoms with van der Waals surface area (Å²) in [5, 5.41) is 3.60. The van der Waals surface area contributed by atoms with Crippen LogP contribution in [0.1, 0.15) is 32.8 Å². The van der Waals surface area contributed by atoms with E-state index in [2.05, 4.69) is 5.32 Å². The van der Waals surface area contributed by atoms with Crippen molar-refractivity contribution in [2.75, 3.05) is 10.8 Å². The minimum atomic E-state index is -4.26. The first-order chi connectivity index (χ1) is 18.4. The minimum absolute atomic E-state index is 0.00890. The molecule has 11 heteroatoms. The molecule has 2 amide bonds. The topological polar surface area (TPSA) is 86.8 Å². The standard InChI is InChI=1S/C28H30Cl3N3O4S/c1-4-25(28(36)32-19(2)3)33(17-20-10-8-9-13-23(20)30)27(35)18-34(26-16-21(29)14-15-24(26)31)39(37,38)22-11-6-5-7-12-22/h5-16,19,25H,4,17-18H2,1-3H3,(H,32,36)/t25-/m0/s1. The number of anilines is 1. The van der Waals surface area contributed by atoms with Gasteiger partial charge < -0.3 is 10.2 Å². The SMILES string of the molecule is CC[C@@H](C(=O)NC(C)C)N(Cc1ccccc1Cl)C(=O)CN(c1cc(Cl)ccc1Cl)S(=O)(=O)c1ccccc1. The van der Waals surface area contributed by atoms with Gasteiger partial charge >= 0.3 is 0 Å². The first-order valence-corrected chi connectivity index (χ1v) is 14.9. The maximum absolute atomic E-state index is 14.0. The summed E-state index contributed by atoms with van der Waals surface area (Å²) in [6.07, 6.45) is 0.290. The molecule has 7 nitrogen and oxygen atoms in total. The fourth-order valence-electron chi connectivity index (χ4n) is 4.02. The third-order valence-corrected chi connectivity index (χ3v) is 8.60. The van der Waals surface area contributed by atoms with Crippen LogP contribution in [0, 0.1) is 0 Å². The molecule has 0 aliphatic carbocycles. The van der Waals surface area contributed by atoms with Gasteiger partial charge in [-0.1, -0.05) is 78.1 Å². The van der Waals surface area contributed by atoms with Gasteiger partial charge in [-0.25, -0.2) is 8.42 Å². The normalized spacial score (nSPS) is 12.2. The predicted molar refractivity (Wildman–Crippen MR) is 157 cm³/mol. The lowest BCUT2D eigenvalue weighted by Crippen LogP contribution is -2.53. The van der Waals surface area contributed by atoms with Crippen molar-refractivity contribution in [3.05, 3.63) is 93.4 Å². The van der Waals surface area contributed by atoms with Crippen molar-refractivity contribution >= 4 is 62.3 Å². The van der Waals surface area contributed by atoms with Crippen LogP contribution in [-0.4, -0.2) is 43.8 Å². The molecule has 0 spiro atoms. The highest BCUT2D eigenvalue weighted by Gasteiger charge is 2.34. The largest absolute Gasteiger partial charge is 0.352 e. The Hall–Kier alpha value is -2.78. The number of hydrogen-bond acceptors (Lipinski definition) is 4. The molecule has 0 saturated carbocycles. The molecule has 208 valence electrons. The third kappa shape index (κ3) is 7.66. The van der Waals surface area contributed by atoms with Crippen molar-refractivity contribution < 1.29 is 18.0 Å². The number of benzene rings is 3. The van der Waals surface area contributed by atoms with Gasteiger partial charge in [-0.2, -0.15) is 0 Å². The maximum Gasteiger partial charge on any atom is 0.264 e. The van der Waals surface area contributed by atoms with Crippen LogP contribution in [0.3, 0.4) is 0 Å². The van der Waals surface area contributed by atoms with Gasteiger partial charge in [-0.15, -0.1) is 0 Å². The van der Waals surface area contributed by atoms with Crippen LogP contribution < -0.4 is 9.62 Å². The Labute approximate surface area is 244 Å². The number of nitrogens with one attached hydrogen (secondary N) is 1. The van der Waals surface area contributed by atoms with Gasteiger partial charge in [-0.3, -0.25) is 13.9 Å². The number of rotatable bonds is 11. The minimum Gasteiger partial charge on any atom is -0.352 e. The van der Waals surface area contributed by atoms with Crippen molar-refractivity contribution in [2.24, 2.45) is 0 Å². The van der Waals surface area contributed by atoms with Crippen molar-refractivity contribution in [3.8, 4) is 0 Å². The monoisotopic (exact) mass is 609 g/mol. The van der Waals surface area contributed by atoms with Gasteiger partial charge in [0.1, 0.15) is 12.6 Å². The molecule has 0 bridgehead atoms. The van der Waals surface area contributed by atoms with E-state index in [1.54, 1.807) is 49.4 Å². The zero-order valence-electron chi connectivity index (χ0n) is 21.8. The fraction of sp³-hybridized carbons (Fsp3) is 0.286. The molecule has 0 heterocycles. The molecular weight excluding hydrogens is 581 g/mol. The molecule has 39 heavy (non-hydrogen) atoms. The average molecular weight is 611 g/mol. The summed E-state index contributed by atoms with van der Waals surface area (Å²) in [6.45, 7) is 4.78. The summed E-state index contributed by atoms with van der Waals surface area (Å²) in [5.74, 6) is -0.970. The van der Waals surface area contributed by atoms with Crippen molar-refractivity contribution in [1.82, 2.24) is 10.2 Å². The molecule has 0 aromatic heterocycles. The Morgan fingerprint density at radius 2 is 1.54 bits per heavy atom. The zero-order chi connectivity index (χ0) is 28.7. The number of nitrogens with zero attached hydrogens (tertiary/aromatic N) is 2. The van der Waals surface area contributed by atoms with E-state index in [4.69, 9.17) is 34.8 Å². The highest BCUT2D eigenvalue weighted by molar-refractivity contribution is 7.92. The average Bonchev–Trinajstić information content (AvgIpc) is 2.89. The smallest absolute Gasteiger partial charge is 0.264 e. The summed E-state index contributed by atoms with van der Waals surface area (Å²) in [5.41, 5.74) is 0.653. The Bertz CT molecular complexity index is 1420. The number of sulfonamides is 1. The van der Waals surface area contributed by atoms with E-state index < -0.39 is 28.5 Å². The lowest BCUT2D eigenvalue weighted by atomic mass is 10.1. The molecule has 0 aliphatic rings. The van der Waals surface area contributed by atoms with Gasteiger partial charge in [0.05, 0.1) is 15.6 Å². The number of amides is 2. The van der Waals surface area contributed by atoms with Crippen molar-refractivity contribution in [1.29, 1.82) is 0 Å². The summed E-state index contributed by atoms with van der Waals surface area (Å²) >= 11 is 19.0. The Morgan fingerprint density at radius 1 is 0.897 bits per heavy atom. The Kier molecular flexibility index (Phi) is 10.7. The third-order valence-electron chi connectivity index (χ3n) is 5.90. The molecule has 1 atom stereocenters. The lowest BCUT2D eigenvalue weighted by molar-refractivity contribution is -0.140. The number of carbonyl (C=O) groups excluding carboxylic acids is 2. The molecule has 0 unspecified atom stereocenters. The second-order valence-electron chi connectivity index (χ2n) is 9.12. The Morgan fingerprint density at radius 3 is 2.15 bits per heavy atom. The first-order valence-electron chi connectivity index (χ1n) is 12.3. The second kappa shape index (κ2) is 13.5. The highest BCUT2D eigenvalue weighted by Crippen LogP contribution is 2.33. The summed E-state index contributed by atoms with van der Waals surface area (Å²) in [4.78, 5) is 28.5. The lowest BCUT2D eigenvalue weighted by Gasteiger charge is -2.34. The molecule has 3 rings (SSSR count). The Balaban J connectivity index is 2.11. The molecule has 0 aliphatic heterocycles. The van der Waals surface area contributed by atoms with Crippen LogP contribution >= 0.6 is 34.8 Å². The van der Waals surface area contributed by atoms with Crippen LogP contribution in [-0.2, 0) is 26.2 Å². The van der Waals surface area contributed by atoms with E-state index in [0.717, 1.165) is 4.31 Å². The molecule has 0 saturated heterocycles. The molecule has 1 N–H and O–H groups in total. The van der Waals surface area contributed by atoms with E-state index in [0.29, 0.717) is 10.6 Å². The van der Waals surface area contributed by atoms with Gasteiger partial charge in [0.2, 0.25) is 11.8 Å². The number of hydrogen-bond donors (Lipinski definition) is 1. The van der Waals surface area contributed by atoms with E-state index in [1.807, 2.05) is 13.8 Å². The molecule has 3 aromatic rings. The van der Waals surface area contributed by atoms with E-state index >= 15 is 0 Å². The summed E-state index contributed by atoms with van der Waals surface area (Å²) in [6, 6.07) is 18.0. The fourth-order valence-corrected chi connectivity index (χ4v) is 6.10. The van der Waals surface area contributed by atoms with Crippen LogP contribution in [0.2, 0.25) is 15.1 Å². The molecule has 0 radical (unpaired) electrons. The second-order valence-corrected chi connectivity index (χ2v) is 12.2. The maximum atomic E-state index is 14.0. The van der Waals surface area contributed by atoms with Crippen molar-refractivity contribution in [3.63, 3.8) is 0 Å². The van der Waals surface area contributed by atoms with E-state index in [9.17, 15) is 18.0 Å². The first kappa shape index (κ1) is 30.8. The van der Waals surface area contributed by atoms with Gasteiger partial charge in [-0.05, 0) is 62.2 Å².